The SMILES string of the molecule is O=C(O)CCC(C(=O)O)N1C(=O)/C(=C(\O)CCCCn2cc(CCCF)nn2)C(=O)N(Cc2ccccc2)C1=O. The number of carbonyl (C=O) groups excluding carboxylic acids is 3. The molecule has 3 rings (SSSR count). The highest BCUT2D eigenvalue weighted by molar-refractivity contribution is 6.29. The number of urea groups is 1. The minimum absolute atomic E-state index is 0.135. The van der Waals surface area contributed by atoms with E-state index in [1.54, 1.807) is 41.2 Å². The molecule has 1 saturated heterocycles. The molecule has 2 heterocycles. The number of unbranched alkanes of at least 4 members (excludes halogenated alkanes) is 1. The number of alkyl halides is 1. The van der Waals surface area contributed by atoms with Crippen molar-refractivity contribution in [2.75, 3.05) is 6.67 Å². The summed E-state index contributed by atoms with van der Waals surface area (Å²) in [7, 11) is 0. The molecule has 1 unspecified atom stereocenters. The highest BCUT2D eigenvalue weighted by Gasteiger charge is 2.48. The summed E-state index contributed by atoms with van der Waals surface area (Å²) in [5.41, 5.74) is 0.403. The maximum Gasteiger partial charge on any atom is 0.335 e. The molecular formula is C26H30FN5O8. The van der Waals surface area contributed by atoms with Gasteiger partial charge in [0.1, 0.15) is 17.4 Å². The van der Waals surface area contributed by atoms with E-state index in [-0.39, 0.29) is 13.0 Å². The van der Waals surface area contributed by atoms with Gasteiger partial charge in [-0.1, -0.05) is 35.5 Å². The number of amides is 4. The Morgan fingerprint density at radius 2 is 1.68 bits per heavy atom. The summed E-state index contributed by atoms with van der Waals surface area (Å²) in [5, 5.41) is 37.4. The summed E-state index contributed by atoms with van der Waals surface area (Å²) >= 11 is 0. The lowest BCUT2D eigenvalue weighted by Gasteiger charge is -2.37. The summed E-state index contributed by atoms with van der Waals surface area (Å²) in [6.45, 7) is -0.369. The predicted molar refractivity (Wildman–Crippen MR) is 135 cm³/mol. The molecule has 0 bridgehead atoms. The molecule has 13 nitrogen and oxygen atoms in total. The average molecular weight is 560 g/mol. The molecule has 0 aliphatic carbocycles. The van der Waals surface area contributed by atoms with Gasteiger partial charge < -0.3 is 15.3 Å². The third kappa shape index (κ3) is 7.48. The first-order valence-electron chi connectivity index (χ1n) is 12.7. The molecule has 1 aromatic heterocycles. The van der Waals surface area contributed by atoms with Crippen LogP contribution in [0.5, 0.6) is 0 Å². The van der Waals surface area contributed by atoms with E-state index in [2.05, 4.69) is 10.3 Å². The minimum Gasteiger partial charge on any atom is -0.511 e. The van der Waals surface area contributed by atoms with Crippen LogP contribution in [0.4, 0.5) is 9.18 Å². The molecule has 1 fully saturated rings. The third-order valence-electron chi connectivity index (χ3n) is 6.23. The van der Waals surface area contributed by atoms with Gasteiger partial charge in [-0.2, -0.15) is 0 Å². The summed E-state index contributed by atoms with van der Waals surface area (Å²) < 4.78 is 13.9. The Morgan fingerprint density at radius 3 is 2.33 bits per heavy atom. The lowest BCUT2D eigenvalue weighted by atomic mass is 10.0. The first-order valence-corrected chi connectivity index (χ1v) is 12.7. The number of benzene rings is 1. The smallest absolute Gasteiger partial charge is 0.335 e. The fraction of sp³-hybridized carbons (Fsp3) is 0.423. The summed E-state index contributed by atoms with van der Waals surface area (Å²) in [6, 6.07) is 5.20. The van der Waals surface area contributed by atoms with Crippen molar-refractivity contribution in [3.05, 3.63) is 59.1 Å². The zero-order valence-corrected chi connectivity index (χ0v) is 21.6. The normalized spacial score (nSPS) is 15.9. The first-order chi connectivity index (χ1) is 19.1. The van der Waals surface area contributed by atoms with E-state index in [9.17, 15) is 38.6 Å². The summed E-state index contributed by atoms with van der Waals surface area (Å²) in [4.78, 5) is 63.9. The van der Waals surface area contributed by atoms with Gasteiger partial charge in [0.25, 0.3) is 11.8 Å². The molecule has 0 spiro atoms. The monoisotopic (exact) mass is 559 g/mol. The Bertz CT molecular complexity index is 1280. The molecule has 1 aliphatic rings. The van der Waals surface area contributed by atoms with Crippen LogP contribution in [-0.2, 0) is 38.7 Å². The maximum atomic E-state index is 13.3. The quantitative estimate of drug-likeness (QED) is 0.127. The van der Waals surface area contributed by atoms with E-state index in [1.165, 1.54) is 0 Å². The molecule has 0 saturated carbocycles. The van der Waals surface area contributed by atoms with E-state index >= 15 is 0 Å². The van der Waals surface area contributed by atoms with Gasteiger partial charge in [0, 0.05) is 25.6 Å². The largest absolute Gasteiger partial charge is 0.511 e. The number of hydrogen-bond donors (Lipinski definition) is 3. The molecule has 2 aromatic rings. The van der Waals surface area contributed by atoms with E-state index in [0.717, 1.165) is 0 Å². The molecule has 14 heteroatoms. The Morgan fingerprint density at radius 1 is 0.950 bits per heavy atom. The number of hydrogen-bond acceptors (Lipinski definition) is 8. The topological polar surface area (TPSA) is 183 Å². The standard InChI is InChI=1S/C26H30FN5O8/c27-13-6-9-18-16-30(29-28-18)14-5-4-10-20(33)22-23(36)31(15-17-7-2-1-3-8-17)26(40)32(24(22)37)19(25(38)39)11-12-21(34)35/h1-3,7-8,16,19,33H,4-6,9-15H2,(H,34,35)(H,38,39)/b22-20-. The molecular weight excluding hydrogens is 529 g/mol. The third-order valence-corrected chi connectivity index (χ3v) is 6.23. The number of barbiturate groups is 1. The summed E-state index contributed by atoms with van der Waals surface area (Å²) in [6.07, 6.45) is 1.84. The van der Waals surface area contributed by atoms with Gasteiger partial charge >= 0.3 is 18.0 Å². The number of aliphatic hydroxyl groups excluding tert-OH is 1. The summed E-state index contributed by atoms with van der Waals surface area (Å²) in [5.74, 6) is -5.96. The van der Waals surface area contributed by atoms with Crippen LogP contribution in [0.25, 0.3) is 0 Å². The van der Waals surface area contributed by atoms with Crippen LogP contribution in [0, 0.1) is 0 Å². The van der Waals surface area contributed by atoms with Gasteiger partial charge in [-0.3, -0.25) is 28.4 Å². The van der Waals surface area contributed by atoms with Gasteiger partial charge in [-0.25, -0.2) is 14.5 Å². The number of halogens is 1. The molecule has 214 valence electrons. The number of carboxylic acids is 2. The minimum atomic E-state index is -1.87. The van der Waals surface area contributed by atoms with Crippen LogP contribution in [0.15, 0.2) is 47.9 Å². The molecule has 3 N–H and O–H groups in total. The van der Waals surface area contributed by atoms with E-state index in [1.807, 2.05) is 0 Å². The highest BCUT2D eigenvalue weighted by atomic mass is 19.1. The molecule has 1 aliphatic heterocycles. The van der Waals surface area contributed by atoms with Crippen LogP contribution in [0.2, 0.25) is 0 Å². The number of aromatic nitrogens is 3. The Hall–Kier alpha value is -4.62. The Labute approximate surface area is 228 Å². The van der Waals surface area contributed by atoms with Crippen LogP contribution in [0.1, 0.15) is 49.8 Å². The Balaban J connectivity index is 1.82. The maximum absolute atomic E-state index is 13.3. The number of aryl methyl sites for hydroxylation is 2. The molecule has 4 amide bonds. The van der Waals surface area contributed by atoms with Crippen LogP contribution in [-0.4, -0.2) is 82.6 Å². The second-order valence-electron chi connectivity index (χ2n) is 9.17. The molecule has 1 atom stereocenters. The van der Waals surface area contributed by atoms with Crippen molar-refractivity contribution in [3.63, 3.8) is 0 Å². The number of aliphatic carboxylic acids is 2. The van der Waals surface area contributed by atoms with Gasteiger partial charge in [0.2, 0.25) is 0 Å². The number of carboxylic acid groups (broad SMARTS) is 2. The number of rotatable bonds is 15. The fourth-order valence-electron chi connectivity index (χ4n) is 4.20. The first kappa shape index (κ1) is 29.9. The van der Waals surface area contributed by atoms with Crippen molar-refractivity contribution in [2.24, 2.45) is 0 Å². The van der Waals surface area contributed by atoms with Gasteiger partial charge in [-0.05, 0) is 37.7 Å². The van der Waals surface area contributed by atoms with Crippen molar-refractivity contribution < 1.29 is 43.7 Å². The number of imide groups is 2. The Kier molecular flexibility index (Phi) is 10.4. The molecule has 40 heavy (non-hydrogen) atoms. The van der Waals surface area contributed by atoms with Crippen LogP contribution < -0.4 is 0 Å². The lowest BCUT2D eigenvalue weighted by molar-refractivity contribution is -0.151. The van der Waals surface area contributed by atoms with Gasteiger partial charge in [0.05, 0.1) is 18.9 Å². The van der Waals surface area contributed by atoms with E-state index in [0.29, 0.717) is 53.3 Å². The van der Waals surface area contributed by atoms with Crippen LogP contribution >= 0.6 is 0 Å². The van der Waals surface area contributed by atoms with Crippen molar-refractivity contribution in [1.29, 1.82) is 0 Å². The molecule has 0 radical (unpaired) electrons. The fourth-order valence-corrected chi connectivity index (χ4v) is 4.20. The second-order valence-corrected chi connectivity index (χ2v) is 9.17. The van der Waals surface area contributed by atoms with Gasteiger partial charge in [0.15, 0.2) is 0 Å². The predicted octanol–water partition coefficient (Wildman–Crippen LogP) is 2.47. The number of allylic oxidation sites excluding steroid dienone is 1. The van der Waals surface area contributed by atoms with E-state index < -0.39 is 66.7 Å². The highest BCUT2D eigenvalue weighted by Crippen LogP contribution is 2.27. The van der Waals surface area contributed by atoms with E-state index in [4.69, 9.17) is 5.11 Å². The number of aliphatic hydroxyl groups is 1. The zero-order chi connectivity index (χ0) is 29.2. The van der Waals surface area contributed by atoms with Crippen molar-refractivity contribution in [3.8, 4) is 0 Å². The van der Waals surface area contributed by atoms with Crippen molar-refractivity contribution in [2.45, 2.75) is 64.1 Å². The van der Waals surface area contributed by atoms with Gasteiger partial charge in [-0.15, -0.1) is 5.10 Å². The number of carbonyl (C=O) groups is 5. The average Bonchev–Trinajstić information content (AvgIpc) is 3.37. The zero-order valence-electron chi connectivity index (χ0n) is 21.6. The van der Waals surface area contributed by atoms with Crippen molar-refractivity contribution >= 4 is 29.8 Å². The second kappa shape index (κ2) is 14.0. The molecule has 1 aromatic carbocycles. The lowest BCUT2D eigenvalue weighted by Crippen LogP contribution is -2.61. The number of nitrogens with zero attached hydrogens (tertiary/aromatic N) is 5. The van der Waals surface area contributed by atoms with Crippen LogP contribution in [0.3, 0.4) is 0 Å². The van der Waals surface area contributed by atoms with Crippen molar-refractivity contribution in [1.82, 2.24) is 24.8 Å².